The Kier molecular flexibility index (Phi) is 3.85. The van der Waals surface area contributed by atoms with Gasteiger partial charge in [-0.1, -0.05) is 0 Å². The van der Waals surface area contributed by atoms with Crippen LogP contribution in [0.25, 0.3) is 0 Å². The highest BCUT2D eigenvalue weighted by atomic mass is 19.1. The number of halogens is 1. The number of ether oxygens (including phenoxy) is 3. The molecule has 7 heteroatoms. The molecule has 0 N–H and O–H groups in total. The molecule has 0 aliphatic carbocycles. The van der Waals surface area contributed by atoms with Crippen molar-refractivity contribution in [2.75, 3.05) is 20.5 Å². The number of benzene rings is 1. The maximum atomic E-state index is 13.4. The molecule has 18 heavy (non-hydrogen) atoms. The number of nitro benzene ring substituents is 1. The van der Waals surface area contributed by atoms with E-state index in [1.165, 1.54) is 13.2 Å². The molecule has 0 aromatic heterocycles. The van der Waals surface area contributed by atoms with Crippen molar-refractivity contribution in [3.8, 4) is 0 Å². The summed E-state index contributed by atoms with van der Waals surface area (Å²) in [6.45, 7) is 0.512. The van der Waals surface area contributed by atoms with Gasteiger partial charge in [0.1, 0.15) is 19.0 Å². The van der Waals surface area contributed by atoms with E-state index in [9.17, 15) is 14.5 Å². The number of hydrogen-bond acceptors (Lipinski definition) is 5. The molecule has 0 saturated carbocycles. The molecule has 2 unspecified atom stereocenters. The Balaban J connectivity index is 1.95. The van der Waals surface area contributed by atoms with Crippen LogP contribution in [0.2, 0.25) is 0 Å². The summed E-state index contributed by atoms with van der Waals surface area (Å²) in [4.78, 5) is 9.70. The Morgan fingerprint density at radius 2 is 2.33 bits per heavy atom. The molecule has 0 amide bonds. The van der Waals surface area contributed by atoms with Crippen molar-refractivity contribution in [1.82, 2.24) is 0 Å². The van der Waals surface area contributed by atoms with Gasteiger partial charge in [0, 0.05) is 13.2 Å². The van der Waals surface area contributed by atoms with Crippen LogP contribution in [0.5, 0.6) is 0 Å². The van der Waals surface area contributed by atoms with Crippen molar-refractivity contribution < 1.29 is 23.5 Å². The first kappa shape index (κ1) is 12.9. The van der Waals surface area contributed by atoms with Crippen molar-refractivity contribution >= 4 is 5.69 Å². The summed E-state index contributed by atoms with van der Waals surface area (Å²) < 4.78 is 28.5. The maximum Gasteiger partial charge on any atom is 0.304 e. The topological polar surface area (TPSA) is 74.1 Å². The quantitative estimate of drug-likeness (QED) is 0.255. The minimum atomic E-state index is -0.857. The fraction of sp³-hybridized carbons (Fsp3) is 0.455. The number of nitrogens with zero attached hydrogens (tertiary/aromatic N) is 1. The van der Waals surface area contributed by atoms with Gasteiger partial charge in [0.05, 0.1) is 11.5 Å². The number of hydrogen-bond donors (Lipinski definition) is 0. The summed E-state index contributed by atoms with van der Waals surface area (Å²) in [5, 5.41) is 10.5. The second-order valence-corrected chi connectivity index (χ2v) is 3.84. The lowest BCUT2D eigenvalue weighted by atomic mass is 10.1. The zero-order valence-electron chi connectivity index (χ0n) is 9.67. The maximum absolute atomic E-state index is 13.4. The van der Waals surface area contributed by atoms with Gasteiger partial charge in [0.15, 0.2) is 0 Å². The summed E-state index contributed by atoms with van der Waals surface area (Å²) in [6, 6.07) is 3.75. The summed E-state index contributed by atoms with van der Waals surface area (Å²) in [6.07, 6.45) is -0.418. The fourth-order valence-electron chi connectivity index (χ4n) is 1.66. The van der Waals surface area contributed by atoms with Crippen molar-refractivity contribution in [3.05, 3.63) is 39.7 Å². The average Bonchev–Trinajstić information content (AvgIpc) is 3.08. The molecule has 1 aromatic carbocycles. The number of rotatable bonds is 6. The Morgan fingerprint density at radius 1 is 1.56 bits per heavy atom. The summed E-state index contributed by atoms with van der Waals surface area (Å²) in [7, 11) is 1.51. The highest BCUT2D eigenvalue weighted by Gasteiger charge is 2.40. The van der Waals surface area contributed by atoms with Crippen molar-refractivity contribution in [1.29, 1.82) is 0 Å². The van der Waals surface area contributed by atoms with Crippen molar-refractivity contribution in [2.45, 2.75) is 12.2 Å². The Hall–Kier alpha value is -1.57. The predicted molar refractivity (Wildman–Crippen MR) is 58.5 cm³/mol. The number of methoxy groups -OCH3 is 1. The van der Waals surface area contributed by atoms with Gasteiger partial charge in [-0.15, -0.1) is 0 Å². The van der Waals surface area contributed by atoms with Gasteiger partial charge in [-0.2, -0.15) is 4.39 Å². The molecular formula is C11H12FNO5. The average molecular weight is 257 g/mol. The largest absolute Gasteiger partial charge is 0.362 e. The van der Waals surface area contributed by atoms with Crippen LogP contribution in [-0.4, -0.2) is 31.5 Å². The molecule has 2 atom stereocenters. The zero-order valence-corrected chi connectivity index (χ0v) is 9.67. The number of nitro groups is 1. The van der Waals surface area contributed by atoms with Gasteiger partial charge >= 0.3 is 5.69 Å². The molecular weight excluding hydrogens is 245 g/mol. The van der Waals surface area contributed by atoms with Gasteiger partial charge in [0.25, 0.3) is 0 Å². The van der Waals surface area contributed by atoms with E-state index >= 15 is 0 Å². The van der Waals surface area contributed by atoms with Crippen molar-refractivity contribution in [2.24, 2.45) is 0 Å². The first-order chi connectivity index (χ1) is 8.63. The van der Waals surface area contributed by atoms with E-state index in [1.54, 1.807) is 0 Å². The third-order valence-corrected chi connectivity index (χ3v) is 2.56. The summed E-state index contributed by atoms with van der Waals surface area (Å²) >= 11 is 0. The van der Waals surface area contributed by atoms with Crippen molar-refractivity contribution in [3.63, 3.8) is 0 Å². The molecule has 1 aliphatic rings. The highest BCUT2D eigenvalue weighted by Crippen LogP contribution is 2.39. The van der Waals surface area contributed by atoms with Gasteiger partial charge < -0.3 is 14.2 Å². The third-order valence-electron chi connectivity index (χ3n) is 2.56. The van der Waals surface area contributed by atoms with E-state index in [0.717, 1.165) is 12.1 Å². The lowest BCUT2D eigenvalue weighted by molar-refractivity contribution is -0.387. The predicted octanol–water partition coefficient (Wildman–Crippen LogP) is 1.79. The van der Waals surface area contributed by atoms with Gasteiger partial charge in [-0.25, -0.2) is 0 Å². The first-order valence-electron chi connectivity index (χ1n) is 5.29. The van der Waals surface area contributed by atoms with Crippen LogP contribution >= 0.6 is 0 Å². The van der Waals surface area contributed by atoms with E-state index in [1.807, 2.05) is 0 Å². The fourth-order valence-corrected chi connectivity index (χ4v) is 1.66. The van der Waals surface area contributed by atoms with E-state index in [0.29, 0.717) is 12.2 Å². The number of epoxide rings is 1. The molecule has 1 heterocycles. The zero-order chi connectivity index (χ0) is 13.1. The summed E-state index contributed by atoms with van der Waals surface area (Å²) in [5.41, 5.74) is 0.0377. The summed E-state index contributed by atoms with van der Waals surface area (Å²) in [5.74, 6) is -0.857. The molecule has 0 radical (unpaired) electrons. The van der Waals surface area contributed by atoms with E-state index < -0.39 is 16.4 Å². The SMILES string of the molecule is COCOCC1OC1c1ccc([N+](=O)[O-])c(F)c1. The van der Waals surface area contributed by atoms with Gasteiger partial charge in [-0.3, -0.25) is 10.1 Å². The van der Waals surface area contributed by atoms with E-state index in [-0.39, 0.29) is 19.0 Å². The highest BCUT2D eigenvalue weighted by molar-refractivity contribution is 5.37. The van der Waals surface area contributed by atoms with Gasteiger partial charge in [-0.05, 0) is 17.7 Å². The minimum absolute atomic E-state index is 0.152. The van der Waals surface area contributed by atoms with Crippen LogP contribution in [0.15, 0.2) is 18.2 Å². The molecule has 0 spiro atoms. The lowest BCUT2D eigenvalue weighted by Crippen LogP contribution is -2.05. The molecule has 1 fully saturated rings. The molecule has 2 rings (SSSR count). The molecule has 1 aliphatic heterocycles. The Morgan fingerprint density at radius 3 is 2.94 bits per heavy atom. The molecule has 0 bridgehead atoms. The smallest absolute Gasteiger partial charge is 0.304 e. The van der Waals surface area contributed by atoms with Crippen LogP contribution in [-0.2, 0) is 14.2 Å². The van der Waals surface area contributed by atoms with Crippen LogP contribution in [0, 0.1) is 15.9 Å². The lowest BCUT2D eigenvalue weighted by Gasteiger charge is -2.00. The second kappa shape index (κ2) is 5.38. The molecule has 1 saturated heterocycles. The first-order valence-corrected chi connectivity index (χ1v) is 5.29. The Bertz CT molecular complexity index is 453. The monoisotopic (exact) mass is 257 g/mol. The second-order valence-electron chi connectivity index (χ2n) is 3.84. The normalized spacial score (nSPS) is 21.9. The van der Waals surface area contributed by atoms with Crippen LogP contribution in [0.1, 0.15) is 11.7 Å². The molecule has 98 valence electrons. The van der Waals surface area contributed by atoms with E-state index in [4.69, 9.17) is 14.2 Å². The van der Waals surface area contributed by atoms with Crippen LogP contribution < -0.4 is 0 Å². The van der Waals surface area contributed by atoms with Gasteiger partial charge in [0.2, 0.25) is 5.82 Å². The Labute approximate surface area is 102 Å². The minimum Gasteiger partial charge on any atom is -0.362 e. The van der Waals surface area contributed by atoms with Crippen LogP contribution in [0.4, 0.5) is 10.1 Å². The molecule has 6 nitrogen and oxygen atoms in total. The molecule has 1 aromatic rings. The van der Waals surface area contributed by atoms with Crippen LogP contribution in [0.3, 0.4) is 0 Å². The third kappa shape index (κ3) is 2.81. The standard InChI is InChI=1S/C11H12FNO5/c1-16-6-17-5-10-11(18-10)7-2-3-9(13(14)15)8(12)4-7/h2-4,10-11H,5-6H2,1H3. The van der Waals surface area contributed by atoms with E-state index in [2.05, 4.69) is 0 Å².